The van der Waals surface area contributed by atoms with Crippen LogP contribution in [0.15, 0.2) is 36.7 Å². The Bertz CT molecular complexity index is 556. The van der Waals surface area contributed by atoms with Crippen molar-refractivity contribution in [3.8, 4) is 0 Å². The van der Waals surface area contributed by atoms with Gasteiger partial charge in [-0.2, -0.15) is 0 Å². The molecule has 0 aliphatic heterocycles. The molecule has 2 heterocycles. The summed E-state index contributed by atoms with van der Waals surface area (Å²) in [5.74, 6) is 0.404. The molecule has 2 N–H and O–H groups in total. The van der Waals surface area contributed by atoms with E-state index in [4.69, 9.17) is 0 Å². The molecule has 1 amide bonds. The second kappa shape index (κ2) is 6.60. The highest BCUT2D eigenvalue weighted by Crippen LogP contribution is 2.11. The van der Waals surface area contributed by atoms with Crippen molar-refractivity contribution in [2.24, 2.45) is 0 Å². The predicted molar refractivity (Wildman–Crippen MR) is 76.3 cm³/mol. The number of amides is 1. The van der Waals surface area contributed by atoms with Crippen molar-refractivity contribution in [1.82, 2.24) is 20.5 Å². The summed E-state index contributed by atoms with van der Waals surface area (Å²) in [7, 11) is 0. The van der Waals surface area contributed by atoms with Crippen LogP contribution >= 0.6 is 0 Å². The van der Waals surface area contributed by atoms with E-state index in [0.717, 1.165) is 12.1 Å². The van der Waals surface area contributed by atoms with Gasteiger partial charge in [0, 0.05) is 18.9 Å². The van der Waals surface area contributed by atoms with E-state index in [1.165, 1.54) is 0 Å². The first-order valence-corrected chi connectivity index (χ1v) is 6.49. The predicted octanol–water partition coefficient (Wildman–Crippen LogP) is 1.79. The zero-order valence-electron chi connectivity index (χ0n) is 11.5. The third kappa shape index (κ3) is 3.50. The Morgan fingerprint density at radius 2 is 2.15 bits per heavy atom. The molecule has 2 aromatic heterocycles. The van der Waals surface area contributed by atoms with E-state index in [1.807, 2.05) is 26.0 Å². The van der Waals surface area contributed by atoms with E-state index in [9.17, 15) is 4.79 Å². The molecule has 6 heteroatoms. The zero-order chi connectivity index (χ0) is 14.4. The number of pyridine rings is 1. The van der Waals surface area contributed by atoms with Crippen molar-refractivity contribution >= 4 is 11.7 Å². The smallest absolute Gasteiger partial charge is 0.272 e. The lowest BCUT2D eigenvalue weighted by atomic mass is 10.1. The minimum atomic E-state index is -0.253. The highest BCUT2D eigenvalue weighted by Gasteiger charge is 2.13. The molecule has 0 bridgehead atoms. The molecule has 0 fully saturated rings. The maximum atomic E-state index is 12.0. The van der Waals surface area contributed by atoms with Crippen LogP contribution in [-0.2, 0) is 0 Å². The molecule has 0 radical (unpaired) electrons. The quantitative estimate of drug-likeness (QED) is 0.866. The fourth-order valence-corrected chi connectivity index (χ4v) is 1.71. The van der Waals surface area contributed by atoms with Crippen molar-refractivity contribution in [3.63, 3.8) is 0 Å². The minimum absolute atomic E-state index is 0.133. The molecule has 1 atom stereocenters. The van der Waals surface area contributed by atoms with Crippen LogP contribution < -0.4 is 10.6 Å². The number of nitrogens with one attached hydrogen (secondary N) is 2. The van der Waals surface area contributed by atoms with Gasteiger partial charge in [0.25, 0.3) is 5.91 Å². The number of hydrogen-bond acceptors (Lipinski definition) is 5. The van der Waals surface area contributed by atoms with Gasteiger partial charge in [-0.3, -0.25) is 9.78 Å². The first-order valence-electron chi connectivity index (χ1n) is 6.49. The van der Waals surface area contributed by atoms with Gasteiger partial charge in [0.15, 0.2) is 5.69 Å². The summed E-state index contributed by atoms with van der Waals surface area (Å²) in [5, 5.41) is 13.7. The van der Waals surface area contributed by atoms with Gasteiger partial charge in [-0.05, 0) is 37.6 Å². The van der Waals surface area contributed by atoms with Crippen molar-refractivity contribution < 1.29 is 4.79 Å². The Balaban J connectivity index is 2.01. The second-order valence-corrected chi connectivity index (χ2v) is 4.32. The van der Waals surface area contributed by atoms with Crippen LogP contribution in [0, 0.1) is 0 Å². The highest BCUT2D eigenvalue weighted by molar-refractivity contribution is 5.92. The Hall–Kier alpha value is -2.50. The normalized spacial score (nSPS) is 11.7. The summed E-state index contributed by atoms with van der Waals surface area (Å²) in [5.41, 5.74) is 1.24. The molecular formula is C14H17N5O. The first-order chi connectivity index (χ1) is 9.70. The number of carbonyl (C=O) groups excluding carboxylic acids is 1. The first kappa shape index (κ1) is 13.9. The van der Waals surface area contributed by atoms with Gasteiger partial charge in [0.1, 0.15) is 5.82 Å². The lowest BCUT2D eigenvalue weighted by Crippen LogP contribution is -2.27. The topological polar surface area (TPSA) is 79.8 Å². The fraction of sp³-hybridized carbons (Fsp3) is 0.286. The molecule has 0 saturated carbocycles. The van der Waals surface area contributed by atoms with Gasteiger partial charge < -0.3 is 10.6 Å². The van der Waals surface area contributed by atoms with Crippen molar-refractivity contribution in [2.75, 3.05) is 11.9 Å². The van der Waals surface area contributed by atoms with Gasteiger partial charge in [-0.15, -0.1) is 10.2 Å². The van der Waals surface area contributed by atoms with Crippen LogP contribution in [0.4, 0.5) is 5.82 Å². The van der Waals surface area contributed by atoms with E-state index in [2.05, 4.69) is 25.8 Å². The summed E-state index contributed by atoms with van der Waals surface area (Å²) >= 11 is 0. The van der Waals surface area contributed by atoms with Crippen LogP contribution in [0.2, 0.25) is 0 Å². The van der Waals surface area contributed by atoms with Crippen LogP contribution in [0.3, 0.4) is 0 Å². The Morgan fingerprint density at radius 1 is 1.30 bits per heavy atom. The number of hydrogen-bond donors (Lipinski definition) is 2. The van der Waals surface area contributed by atoms with Crippen LogP contribution in [0.1, 0.15) is 35.9 Å². The molecule has 2 aromatic rings. The molecule has 0 saturated heterocycles. The monoisotopic (exact) mass is 271 g/mol. The van der Waals surface area contributed by atoms with E-state index in [1.54, 1.807) is 24.5 Å². The Kier molecular flexibility index (Phi) is 4.60. The summed E-state index contributed by atoms with van der Waals surface area (Å²) in [6.45, 7) is 4.63. The number of carbonyl (C=O) groups is 1. The molecule has 1 unspecified atom stereocenters. The van der Waals surface area contributed by atoms with E-state index >= 15 is 0 Å². The van der Waals surface area contributed by atoms with Crippen LogP contribution in [-0.4, -0.2) is 27.6 Å². The molecule has 2 rings (SSSR count). The van der Waals surface area contributed by atoms with E-state index < -0.39 is 0 Å². The number of rotatable bonds is 5. The maximum absolute atomic E-state index is 12.0. The Labute approximate surface area is 117 Å². The lowest BCUT2D eigenvalue weighted by molar-refractivity contribution is 0.0934. The molecule has 0 spiro atoms. The van der Waals surface area contributed by atoms with Crippen LogP contribution in [0.25, 0.3) is 0 Å². The standard InChI is InChI=1S/C14H17N5O/c1-3-16-13-7-6-12(18-19-13)14(20)17-10(2)11-5-4-8-15-9-11/h4-10H,3H2,1-2H3,(H,16,19)(H,17,20). The molecule has 104 valence electrons. The molecule has 0 aromatic carbocycles. The third-order valence-electron chi connectivity index (χ3n) is 2.79. The number of anilines is 1. The largest absolute Gasteiger partial charge is 0.369 e. The highest BCUT2D eigenvalue weighted by atomic mass is 16.2. The van der Waals surface area contributed by atoms with Crippen molar-refractivity contribution in [1.29, 1.82) is 0 Å². The van der Waals surface area contributed by atoms with Gasteiger partial charge >= 0.3 is 0 Å². The average molecular weight is 271 g/mol. The summed E-state index contributed by atoms with van der Waals surface area (Å²) in [6.07, 6.45) is 3.42. The third-order valence-corrected chi connectivity index (χ3v) is 2.79. The average Bonchev–Trinajstić information content (AvgIpc) is 2.49. The fourth-order valence-electron chi connectivity index (χ4n) is 1.71. The molecule has 20 heavy (non-hydrogen) atoms. The van der Waals surface area contributed by atoms with Gasteiger partial charge in [-0.25, -0.2) is 0 Å². The van der Waals surface area contributed by atoms with Crippen molar-refractivity contribution in [3.05, 3.63) is 47.9 Å². The maximum Gasteiger partial charge on any atom is 0.272 e. The Morgan fingerprint density at radius 3 is 2.75 bits per heavy atom. The van der Waals surface area contributed by atoms with Gasteiger partial charge in [-0.1, -0.05) is 6.07 Å². The summed E-state index contributed by atoms with van der Waals surface area (Å²) < 4.78 is 0. The van der Waals surface area contributed by atoms with E-state index in [-0.39, 0.29) is 11.9 Å². The van der Waals surface area contributed by atoms with Crippen molar-refractivity contribution in [2.45, 2.75) is 19.9 Å². The SMILES string of the molecule is CCNc1ccc(C(=O)NC(C)c2cccnc2)nn1. The molecular weight excluding hydrogens is 254 g/mol. The molecule has 0 aliphatic carbocycles. The minimum Gasteiger partial charge on any atom is -0.369 e. The second-order valence-electron chi connectivity index (χ2n) is 4.32. The van der Waals surface area contributed by atoms with Gasteiger partial charge in [0.2, 0.25) is 0 Å². The molecule has 6 nitrogen and oxygen atoms in total. The van der Waals surface area contributed by atoms with E-state index in [0.29, 0.717) is 11.5 Å². The summed E-state index contributed by atoms with van der Waals surface area (Å²) in [6, 6.07) is 7.00. The number of aromatic nitrogens is 3. The lowest BCUT2D eigenvalue weighted by Gasteiger charge is -2.13. The molecule has 0 aliphatic rings. The van der Waals surface area contributed by atoms with Crippen LogP contribution in [0.5, 0.6) is 0 Å². The summed E-state index contributed by atoms with van der Waals surface area (Å²) in [4.78, 5) is 16.1. The zero-order valence-corrected chi connectivity index (χ0v) is 11.5. The number of nitrogens with zero attached hydrogens (tertiary/aromatic N) is 3. The van der Waals surface area contributed by atoms with Gasteiger partial charge in [0.05, 0.1) is 6.04 Å².